The molecule has 3 rings (SSSR count). The number of nitrogens with zero attached hydrogens (tertiary/aromatic N) is 3. The third-order valence-electron chi connectivity index (χ3n) is 4.95. The topological polar surface area (TPSA) is 44.0 Å². The zero-order chi connectivity index (χ0) is 16.9. The number of nitrogens with one attached hydrogen (secondary N) is 1. The van der Waals surface area contributed by atoms with Crippen molar-refractivity contribution in [2.75, 3.05) is 13.2 Å². The Kier molecular flexibility index (Phi) is 5.74. The highest BCUT2D eigenvalue weighted by atomic mass is 16.5. The van der Waals surface area contributed by atoms with Gasteiger partial charge in [-0.25, -0.2) is 0 Å². The molecule has 2 aromatic rings. The Labute approximate surface area is 145 Å². The summed E-state index contributed by atoms with van der Waals surface area (Å²) in [7, 11) is 1.99. The van der Waals surface area contributed by atoms with Gasteiger partial charge in [-0.05, 0) is 37.0 Å². The summed E-state index contributed by atoms with van der Waals surface area (Å²) >= 11 is 0. The van der Waals surface area contributed by atoms with Crippen LogP contribution in [0.25, 0.3) is 0 Å². The van der Waals surface area contributed by atoms with Crippen LogP contribution in [0.4, 0.5) is 0 Å². The predicted molar refractivity (Wildman–Crippen MR) is 95.6 cm³/mol. The van der Waals surface area contributed by atoms with E-state index in [0.29, 0.717) is 5.92 Å². The molecule has 0 amide bonds. The van der Waals surface area contributed by atoms with E-state index in [2.05, 4.69) is 53.2 Å². The molecule has 1 aliphatic rings. The van der Waals surface area contributed by atoms with E-state index < -0.39 is 0 Å². The molecule has 1 fully saturated rings. The summed E-state index contributed by atoms with van der Waals surface area (Å²) in [5, 5.41) is 7.91. The fraction of sp³-hybridized carbons (Fsp3) is 0.632. The van der Waals surface area contributed by atoms with Crippen molar-refractivity contribution in [2.45, 2.75) is 45.9 Å². The second-order valence-corrected chi connectivity index (χ2v) is 7.23. The number of hydrogen-bond acceptors (Lipinski definition) is 3. The van der Waals surface area contributed by atoms with Crippen LogP contribution in [0.5, 0.6) is 0 Å². The van der Waals surface area contributed by atoms with Gasteiger partial charge in [0.2, 0.25) is 0 Å². The largest absolute Gasteiger partial charge is 0.372 e. The van der Waals surface area contributed by atoms with E-state index >= 15 is 0 Å². The molecule has 132 valence electrons. The first-order valence-corrected chi connectivity index (χ1v) is 9.09. The van der Waals surface area contributed by atoms with Gasteiger partial charge < -0.3 is 14.6 Å². The van der Waals surface area contributed by atoms with Crippen molar-refractivity contribution in [2.24, 2.45) is 18.9 Å². The number of aromatic nitrogens is 3. The second kappa shape index (κ2) is 7.99. The van der Waals surface area contributed by atoms with Crippen LogP contribution in [0.3, 0.4) is 0 Å². The van der Waals surface area contributed by atoms with Crippen LogP contribution < -0.4 is 5.32 Å². The maximum absolute atomic E-state index is 5.96. The average molecular weight is 330 g/mol. The SMILES string of the molecule is CC(C)CCn1cccc1CNC[C@@H]1CCO[C@H]1c1ccnn1C. The van der Waals surface area contributed by atoms with Gasteiger partial charge in [0.25, 0.3) is 0 Å². The fourth-order valence-electron chi connectivity index (χ4n) is 3.44. The maximum atomic E-state index is 5.96. The van der Waals surface area contributed by atoms with Gasteiger partial charge in [-0.3, -0.25) is 4.68 Å². The summed E-state index contributed by atoms with van der Waals surface area (Å²) in [6.07, 6.45) is 6.54. The van der Waals surface area contributed by atoms with Crippen molar-refractivity contribution < 1.29 is 4.74 Å². The van der Waals surface area contributed by atoms with Crippen molar-refractivity contribution in [1.29, 1.82) is 0 Å². The molecule has 2 atom stereocenters. The van der Waals surface area contributed by atoms with Crippen molar-refractivity contribution in [3.8, 4) is 0 Å². The van der Waals surface area contributed by atoms with Crippen LogP contribution in [0.15, 0.2) is 30.6 Å². The van der Waals surface area contributed by atoms with Crippen LogP contribution >= 0.6 is 0 Å². The molecule has 0 spiro atoms. The van der Waals surface area contributed by atoms with Gasteiger partial charge >= 0.3 is 0 Å². The minimum Gasteiger partial charge on any atom is -0.372 e. The lowest BCUT2D eigenvalue weighted by molar-refractivity contribution is 0.0837. The zero-order valence-corrected chi connectivity index (χ0v) is 15.1. The van der Waals surface area contributed by atoms with Gasteiger partial charge in [0, 0.05) is 57.3 Å². The Morgan fingerprint density at radius 3 is 3.00 bits per heavy atom. The van der Waals surface area contributed by atoms with Crippen LogP contribution in [0.1, 0.15) is 44.2 Å². The fourth-order valence-corrected chi connectivity index (χ4v) is 3.44. The molecule has 0 radical (unpaired) electrons. The average Bonchev–Trinajstić information content (AvgIpc) is 3.26. The minimum atomic E-state index is 0.165. The molecular weight excluding hydrogens is 300 g/mol. The van der Waals surface area contributed by atoms with E-state index in [1.807, 2.05) is 17.9 Å². The summed E-state index contributed by atoms with van der Waals surface area (Å²) in [6.45, 7) is 8.39. The summed E-state index contributed by atoms with van der Waals surface area (Å²) in [5.41, 5.74) is 2.55. The zero-order valence-electron chi connectivity index (χ0n) is 15.1. The number of aryl methyl sites for hydroxylation is 2. The highest BCUT2D eigenvalue weighted by Crippen LogP contribution is 2.33. The number of ether oxygens (including phenoxy) is 1. The molecule has 3 heterocycles. The second-order valence-electron chi connectivity index (χ2n) is 7.23. The quantitative estimate of drug-likeness (QED) is 0.809. The third-order valence-corrected chi connectivity index (χ3v) is 4.95. The third kappa shape index (κ3) is 4.08. The van der Waals surface area contributed by atoms with Gasteiger partial charge in [0.05, 0.1) is 5.69 Å². The molecule has 5 heteroatoms. The first-order chi connectivity index (χ1) is 11.6. The molecule has 0 unspecified atom stereocenters. The molecule has 0 aromatic carbocycles. The van der Waals surface area contributed by atoms with Gasteiger partial charge in [-0.1, -0.05) is 13.8 Å². The van der Waals surface area contributed by atoms with E-state index in [0.717, 1.165) is 38.6 Å². The number of hydrogen-bond donors (Lipinski definition) is 1. The summed E-state index contributed by atoms with van der Waals surface area (Å²) in [5.74, 6) is 1.25. The van der Waals surface area contributed by atoms with Crippen molar-refractivity contribution >= 4 is 0 Å². The van der Waals surface area contributed by atoms with Crippen molar-refractivity contribution in [3.63, 3.8) is 0 Å². The van der Waals surface area contributed by atoms with Gasteiger partial charge in [-0.2, -0.15) is 5.10 Å². The van der Waals surface area contributed by atoms with Gasteiger partial charge in [-0.15, -0.1) is 0 Å². The Bertz CT molecular complexity index is 631. The highest BCUT2D eigenvalue weighted by molar-refractivity contribution is 5.09. The molecule has 1 saturated heterocycles. The van der Waals surface area contributed by atoms with Crippen LogP contribution in [-0.2, 0) is 24.9 Å². The first-order valence-electron chi connectivity index (χ1n) is 9.09. The number of rotatable bonds is 8. The van der Waals surface area contributed by atoms with Gasteiger partial charge in [0.15, 0.2) is 0 Å². The first kappa shape index (κ1) is 17.2. The smallest absolute Gasteiger partial charge is 0.103 e. The molecule has 2 aromatic heterocycles. The standard InChI is InChI=1S/C19H30N4O/c1-15(2)7-11-23-10-4-5-17(23)14-20-13-16-8-12-24-19(16)18-6-9-21-22(18)3/h4-6,9-10,15-16,19-20H,7-8,11-14H2,1-3H3/t16-,19+/m0/s1. The lowest BCUT2D eigenvalue weighted by Crippen LogP contribution is -2.26. The Balaban J connectivity index is 1.51. The van der Waals surface area contributed by atoms with Gasteiger partial charge in [0.1, 0.15) is 6.10 Å². The Hall–Kier alpha value is -1.59. The summed E-state index contributed by atoms with van der Waals surface area (Å²) in [4.78, 5) is 0. The predicted octanol–water partition coefficient (Wildman–Crippen LogP) is 3.14. The lowest BCUT2D eigenvalue weighted by Gasteiger charge is -2.19. The molecule has 0 bridgehead atoms. The van der Waals surface area contributed by atoms with E-state index in [9.17, 15) is 0 Å². The summed E-state index contributed by atoms with van der Waals surface area (Å²) in [6, 6.07) is 6.44. The van der Waals surface area contributed by atoms with E-state index in [1.54, 1.807) is 0 Å². The highest BCUT2D eigenvalue weighted by Gasteiger charge is 2.31. The van der Waals surface area contributed by atoms with E-state index in [-0.39, 0.29) is 6.10 Å². The molecule has 0 aliphatic carbocycles. The maximum Gasteiger partial charge on any atom is 0.103 e. The van der Waals surface area contributed by atoms with E-state index in [4.69, 9.17) is 4.74 Å². The molecule has 1 N–H and O–H groups in total. The Morgan fingerprint density at radius 1 is 1.38 bits per heavy atom. The summed E-state index contributed by atoms with van der Waals surface area (Å²) < 4.78 is 10.3. The van der Waals surface area contributed by atoms with Crippen LogP contribution in [0.2, 0.25) is 0 Å². The lowest BCUT2D eigenvalue weighted by atomic mass is 9.99. The molecule has 24 heavy (non-hydrogen) atoms. The minimum absolute atomic E-state index is 0.165. The molecular formula is C19H30N4O. The van der Waals surface area contributed by atoms with Crippen LogP contribution in [-0.4, -0.2) is 27.5 Å². The normalized spacial score (nSPS) is 21.0. The van der Waals surface area contributed by atoms with Crippen LogP contribution in [0, 0.1) is 11.8 Å². The van der Waals surface area contributed by atoms with E-state index in [1.165, 1.54) is 17.8 Å². The molecule has 0 saturated carbocycles. The van der Waals surface area contributed by atoms with Crippen molar-refractivity contribution in [3.05, 3.63) is 42.0 Å². The molecule has 5 nitrogen and oxygen atoms in total. The monoisotopic (exact) mass is 330 g/mol. The van der Waals surface area contributed by atoms with Crippen molar-refractivity contribution in [1.82, 2.24) is 19.7 Å². The Morgan fingerprint density at radius 2 is 2.25 bits per heavy atom. The molecule has 1 aliphatic heterocycles.